The number of rotatable bonds is 3. The highest BCUT2D eigenvalue weighted by Crippen LogP contribution is 2.39. The smallest absolute Gasteiger partial charge is 0.232 e. The number of nitrogens with two attached hydrogens (primary N) is 1. The van der Waals surface area contributed by atoms with Crippen molar-refractivity contribution in [3.05, 3.63) is 59.7 Å². The lowest BCUT2D eigenvalue weighted by Crippen LogP contribution is -2.23. The first-order chi connectivity index (χ1) is 10.2. The maximum atomic E-state index is 12.5. The van der Waals surface area contributed by atoms with E-state index in [1.807, 2.05) is 42.5 Å². The van der Waals surface area contributed by atoms with Crippen LogP contribution in [0.15, 0.2) is 53.4 Å². The van der Waals surface area contributed by atoms with Crippen LogP contribution in [-0.4, -0.2) is 16.6 Å². The fraction of sp³-hybridized carbons (Fsp3) is 0.125. The molecule has 2 aromatic carbocycles. The van der Waals surface area contributed by atoms with Crippen LogP contribution < -0.4 is 11.1 Å². The number of thiocarbonyl (C=S) groups is 1. The summed E-state index contributed by atoms with van der Waals surface area (Å²) in [5.74, 6) is 0.613. The Balaban J connectivity index is 1.84. The zero-order valence-corrected chi connectivity index (χ0v) is 12.8. The molecule has 0 fully saturated rings. The predicted octanol–water partition coefficient (Wildman–Crippen LogP) is 3.15. The van der Waals surface area contributed by atoms with Gasteiger partial charge in [0.1, 0.15) is 4.99 Å². The Kier molecular flexibility index (Phi) is 3.94. The Morgan fingerprint density at radius 3 is 2.71 bits per heavy atom. The first-order valence-electron chi connectivity index (χ1n) is 6.58. The van der Waals surface area contributed by atoms with E-state index >= 15 is 0 Å². The third-order valence-corrected chi connectivity index (χ3v) is 4.87. The van der Waals surface area contributed by atoms with Crippen molar-refractivity contribution in [1.82, 2.24) is 0 Å². The Labute approximate surface area is 132 Å². The van der Waals surface area contributed by atoms with Crippen molar-refractivity contribution in [2.24, 2.45) is 5.73 Å². The summed E-state index contributed by atoms with van der Waals surface area (Å²) in [6, 6.07) is 15.4. The van der Waals surface area contributed by atoms with Crippen molar-refractivity contribution in [2.45, 2.75) is 10.8 Å². The number of amides is 1. The molecule has 21 heavy (non-hydrogen) atoms. The molecule has 1 aliphatic rings. The Morgan fingerprint density at radius 2 is 1.90 bits per heavy atom. The van der Waals surface area contributed by atoms with Crippen LogP contribution in [0.1, 0.15) is 17.0 Å². The summed E-state index contributed by atoms with van der Waals surface area (Å²) in [5.41, 5.74) is 8.15. The minimum Gasteiger partial charge on any atom is -0.389 e. The van der Waals surface area contributed by atoms with Gasteiger partial charge in [-0.2, -0.15) is 0 Å². The number of fused-ring (bicyclic) bond motifs is 1. The topological polar surface area (TPSA) is 55.1 Å². The lowest BCUT2D eigenvalue weighted by atomic mass is 10.0. The number of carbonyl (C=O) groups excluding carboxylic acids is 1. The van der Waals surface area contributed by atoms with Crippen LogP contribution in [0.25, 0.3) is 0 Å². The third kappa shape index (κ3) is 2.80. The Bertz CT molecular complexity index is 715. The van der Waals surface area contributed by atoms with Gasteiger partial charge in [-0.05, 0) is 23.8 Å². The molecule has 0 spiro atoms. The Morgan fingerprint density at radius 1 is 1.19 bits per heavy atom. The normalized spacial score (nSPS) is 16.3. The van der Waals surface area contributed by atoms with Crippen molar-refractivity contribution in [1.29, 1.82) is 0 Å². The van der Waals surface area contributed by atoms with Gasteiger partial charge < -0.3 is 11.1 Å². The molecule has 0 bridgehead atoms. The number of anilines is 1. The monoisotopic (exact) mass is 314 g/mol. The van der Waals surface area contributed by atoms with E-state index in [1.165, 1.54) is 4.90 Å². The van der Waals surface area contributed by atoms with E-state index in [4.69, 9.17) is 18.0 Å². The van der Waals surface area contributed by atoms with Crippen LogP contribution in [-0.2, 0) is 4.79 Å². The average molecular weight is 314 g/mol. The maximum Gasteiger partial charge on any atom is 0.232 e. The van der Waals surface area contributed by atoms with Gasteiger partial charge in [-0.3, -0.25) is 4.79 Å². The van der Waals surface area contributed by atoms with E-state index < -0.39 is 0 Å². The summed E-state index contributed by atoms with van der Waals surface area (Å²) in [6.45, 7) is 0. The first-order valence-corrected chi connectivity index (χ1v) is 7.97. The van der Waals surface area contributed by atoms with Gasteiger partial charge in [0.15, 0.2) is 0 Å². The lowest BCUT2D eigenvalue weighted by Gasteiger charge is -2.14. The second-order valence-electron chi connectivity index (χ2n) is 4.80. The number of carbonyl (C=O) groups is 1. The summed E-state index contributed by atoms with van der Waals surface area (Å²) in [5, 5.41) is 2.95. The van der Waals surface area contributed by atoms with Crippen molar-refractivity contribution >= 4 is 40.6 Å². The highest BCUT2D eigenvalue weighted by atomic mass is 32.2. The zero-order chi connectivity index (χ0) is 14.8. The van der Waals surface area contributed by atoms with Crippen molar-refractivity contribution in [3.8, 4) is 0 Å². The number of benzene rings is 2. The molecule has 3 nitrogen and oxygen atoms in total. The van der Waals surface area contributed by atoms with E-state index in [2.05, 4.69) is 11.4 Å². The van der Waals surface area contributed by atoms with Crippen molar-refractivity contribution < 1.29 is 4.79 Å². The lowest BCUT2D eigenvalue weighted by molar-refractivity contribution is -0.117. The van der Waals surface area contributed by atoms with Crippen LogP contribution in [0, 0.1) is 0 Å². The van der Waals surface area contributed by atoms with Gasteiger partial charge in [0, 0.05) is 16.2 Å². The van der Waals surface area contributed by atoms with Crippen molar-refractivity contribution in [2.75, 3.05) is 11.1 Å². The number of hydrogen-bond acceptors (Lipinski definition) is 3. The minimum atomic E-state index is -0.134. The number of para-hydroxylation sites is 1. The molecule has 106 valence electrons. The van der Waals surface area contributed by atoms with Crippen LogP contribution in [0.2, 0.25) is 0 Å². The average Bonchev–Trinajstić information content (AvgIpc) is 2.91. The van der Waals surface area contributed by atoms with Gasteiger partial charge in [0.25, 0.3) is 0 Å². The van der Waals surface area contributed by atoms with Crippen molar-refractivity contribution in [3.63, 3.8) is 0 Å². The van der Waals surface area contributed by atoms with E-state index in [9.17, 15) is 4.79 Å². The summed E-state index contributed by atoms with van der Waals surface area (Å²) >= 11 is 6.74. The Hall–Kier alpha value is -1.85. The molecule has 1 atom stereocenters. The van der Waals surface area contributed by atoms with Gasteiger partial charge in [-0.25, -0.2) is 0 Å². The summed E-state index contributed by atoms with van der Waals surface area (Å²) < 4.78 is 0. The van der Waals surface area contributed by atoms with E-state index in [-0.39, 0.29) is 16.8 Å². The summed E-state index contributed by atoms with van der Waals surface area (Å²) in [6.07, 6.45) is 0. The number of hydrogen-bond donors (Lipinski definition) is 2. The molecule has 0 saturated carbocycles. The van der Waals surface area contributed by atoms with Crippen LogP contribution >= 0.6 is 24.0 Å². The molecule has 2 aromatic rings. The second-order valence-corrected chi connectivity index (χ2v) is 6.30. The summed E-state index contributed by atoms with van der Waals surface area (Å²) in [4.78, 5) is 14.0. The number of thioether (sulfide) groups is 1. The molecule has 0 radical (unpaired) electrons. The van der Waals surface area contributed by atoms with Gasteiger partial charge in [0.05, 0.1) is 11.6 Å². The summed E-state index contributed by atoms with van der Waals surface area (Å²) in [7, 11) is 0. The molecule has 0 saturated heterocycles. The predicted molar refractivity (Wildman–Crippen MR) is 90.9 cm³/mol. The highest BCUT2D eigenvalue weighted by Gasteiger charge is 2.29. The first kappa shape index (κ1) is 14.1. The minimum absolute atomic E-state index is 0.0175. The third-order valence-electron chi connectivity index (χ3n) is 3.47. The molecule has 1 aliphatic heterocycles. The molecule has 1 unspecified atom stereocenters. The van der Waals surface area contributed by atoms with Gasteiger partial charge in [-0.1, -0.05) is 42.5 Å². The van der Waals surface area contributed by atoms with Gasteiger partial charge in [-0.15, -0.1) is 11.8 Å². The molecule has 5 heteroatoms. The molecule has 0 aromatic heterocycles. The van der Waals surface area contributed by atoms with E-state index in [1.54, 1.807) is 11.8 Å². The second kappa shape index (κ2) is 5.87. The van der Waals surface area contributed by atoms with Crippen LogP contribution in [0.5, 0.6) is 0 Å². The number of nitrogens with one attached hydrogen (secondary N) is 1. The molecule has 0 aliphatic carbocycles. The molecule has 1 amide bonds. The molecular weight excluding hydrogens is 300 g/mol. The maximum absolute atomic E-state index is 12.5. The quantitative estimate of drug-likeness (QED) is 0.855. The van der Waals surface area contributed by atoms with Gasteiger partial charge in [0.2, 0.25) is 5.91 Å². The molecule has 3 N–H and O–H groups in total. The molecule has 1 heterocycles. The standard InChI is InChI=1S/C16H14N2OS2/c17-15(20)11-6-1-3-7-13(11)18-16(19)12-9-21-14-8-4-2-5-10(12)14/h1-8,12H,9H2,(H2,17,20)(H,18,19). The van der Waals surface area contributed by atoms with E-state index in [0.29, 0.717) is 11.3 Å². The van der Waals surface area contributed by atoms with Gasteiger partial charge >= 0.3 is 0 Å². The zero-order valence-electron chi connectivity index (χ0n) is 11.2. The van der Waals surface area contributed by atoms with Crippen LogP contribution in [0.3, 0.4) is 0 Å². The van der Waals surface area contributed by atoms with Crippen LogP contribution in [0.4, 0.5) is 5.69 Å². The fourth-order valence-corrected chi connectivity index (χ4v) is 3.81. The highest BCUT2D eigenvalue weighted by molar-refractivity contribution is 7.99. The molecule has 3 rings (SSSR count). The largest absolute Gasteiger partial charge is 0.389 e. The van der Waals surface area contributed by atoms with E-state index in [0.717, 1.165) is 11.3 Å². The molecular formula is C16H14N2OS2. The fourth-order valence-electron chi connectivity index (χ4n) is 2.41. The SMILES string of the molecule is NC(=S)c1ccccc1NC(=O)C1CSc2ccccc21.